The van der Waals surface area contributed by atoms with Crippen LogP contribution in [0.3, 0.4) is 0 Å². The average Bonchev–Trinajstić information content (AvgIpc) is 2.34. The highest BCUT2D eigenvalue weighted by Gasteiger charge is 2.17. The molecule has 0 aromatic carbocycles. The third-order valence-corrected chi connectivity index (χ3v) is 4.70. The summed E-state index contributed by atoms with van der Waals surface area (Å²) in [6.45, 7) is 12.8. The monoisotopic (exact) mass is 238 g/mol. The zero-order valence-corrected chi connectivity index (χ0v) is 11.8. The van der Waals surface area contributed by atoms with Crippen LogP contribution in [0.5, 0.6) is 0 Å². The van der Waals surface area contributed by atoms with Gasteiger partial charge in [0.2, 0.25) is 0 Å². The molecule has 100 valence electrons. The van der Waals surface area contributed by atoms with Gasteiger partial charge in [-0.2, -0.15) is 0 Å². The number of likely N-dealkylation sites (tertiary alicyclic amines) is 2. The maximum Gasteiger partial charge on any atom is -0.000654 e. The third kappa shape index (κ3) is 4.59. The Hall–Kier alpha value is -0.0800. The van der Waals surface area contributed by atoms with Gasteiger partial charge in [-0.1, -0.05) is 13.8 Å². The van der Waals surface area contributed by atoms with E-state index in [1.165, 1.54) is 71.4 Å². The SMILES string of the molecule is CC1CCN(CCCN2CCC(C)CC2)CC1. The highest BCUT2D eigenvalue weighted by molar-refractivity contribution is 4.72. The predicted octanol–water partition coefficient (Wildman–Crippen LogP) is 2.84. The first-order valence-corrected chi connectivity index (χ1v) is 7.69. The van der Waals surface area contributed by atoms with Crippen LogP contribution in [0.15, 0.2) is 0 Å². The van der Waals surface area contributed by atoms with Crippen LogP contribution >= 0.6 is 0 Å². The second kappa shape index (κ2) is 6.75. The predicted molar refractivity (Wildman–Crippen MR) is 74.3 cm³/mol. The molecule has 2 saturated heterocycles. The number of hydrogen-bond acceptors (Lipinski definition) is 2. The van der Waals surface area contributed by atoms with Crippen molar-refractivity contribution in [3.8, 4) is 0 Å². The normalized spacial score (nSPS) is 26.5. The average molecular weight is 238 g/mol. The van der Waals surface area contributed by atoms with Gasteiger partial charge in [-0.3, -0.25) is 0 Å². The van der Waals surface area contributed by atoms with E-state index >= 15 is 0 Å². The standard InChI is InChI=1S/C15H30N2/c1-14-4-10-16(11-5-14)8-3-9-17-12-6-15(2)7-13-17/h14-15H,3-13H2,1-2H3. The van der Waals surface area contributed by atoms with Crippen molar-refractivity contribution in [1.29, 1.82) is 0 Å². The Morgan fingerprint density at radius 3 is 1.41 bits per heavy atom. The lowest BCUT2D eigenvalue weighted by atomic mass is 9.98. The van der Waals surface area contributed by atoms with Gasteiger partial charge in [-0.25, -0.2) is 0 Å². The van der Waals surface area contributed by atoms with Gasteiger partial charge in [0.15, 0.2) is 0 Å². The Labute approximate surface area is 107 Å². The molecule has 2 aliphatic heterocycles. The van der Waals surface area contributed by atoms with Crippen molar-refractivity contribution in [2.24, 2.45) is 11.8 Å². The van der Waals surface area contributed by atoms with E-state index in [2.05, 4.69) is 23.6 Å². The zero-order valence-electron chi connectivity index (χ0n) is 11.8. The highest BCUT2D eigenvalue weighted by Crippen LogP contribution is 2.17. The molecule has 0 aliphatic carbocycles. The van der Waals surface area contributed by atoms with Crippen molar-refractivity contribution in [3.63, 3.8) is 0 Å². The number of hydrogen-bond donors (Lipinski definition) is 0. The zero-order chi connectivity index (χ0) is 12.1. The Bertz CT molecular complexity index is 179. The Kier molecular flexibility index (Phi) is 5.30. The first kappa shape index (κ1) is 13.4. The molecule has 0 saturated carbocycles. The van der Waals surface area contributed by atoms with Gasteiger partial charge >= 0.3 is 0 Å². The molecule has 2 nitrogen and oxygen atoms in total. The molecule has 0 atom stereocenters. The Morgan fingerprint density at radius 2 is 1.06 bits per heavy atom. The van der Waals surface area contributed by atoms with Gasteiger partial charge < -0.3 is 9.80 Å². The van der Waals surface area contributed by atoms with Gasteiger partial charge in [0, 0.05) is 0 Å². The van der Waals surface area contributed by atoms with E-state index in [-0.39, 0.29) is 0 Å². The van der Waals surface area contributed by atoms with Crippen LogP contribution in [-0.2, 0) is 0 Å². The lowest BCUT2D eigenvalue weighted by Gasteiger charge is -2.33. The smallest absolute Gasteiger partial charge is 0.000654 e. The summed E-state index contributed by atoms with van der Waals surface area (Å²) in [5, 5.41) is 0. The van der Waals surface area contributed by atoms with E-state index in [1.807, 2.05) is 0 Å². The molecular formula is C15H30N2. The largest absolute Gasteiger partial charge is 0.303 e. The van der Waals surface area contributed by atoms with E-state index in [1.54, 1.807) is 0 Å². The van der Waals surface area contributed by atoms with Gasteiger partial charge in [0.05, 0.1) is 0 Å². The minimum atomic E-state index is 0.967. The van der Waals surface area contributed by atoms with Crippen LogP contribution in [0.2, 0.25) is 0 Å². The van der Waals surface area contributed by atoms with Crippen LogP contribution < -0.4 is 0 Å². The molecule has 2 heterocycles. The van der Waals surface area contributed by atoms with Gasteiger partial charge in [0.25, 0.3) is 0 Å². The maximum absolute atomic E-state index is 2.67. The molecule has 0 aromatic heterocycles. The molecule has 2 heteroatoms. The first-order chi connectivity index (χ1) is 8.24. The van der Waals surface area contributed by atoms with Crippen molar-refractivity contribution < 1.29 is 0 Å². The van der Waals surface area contributed by atoms with E-state index in [4.69, 9.17) is 0 Å². The van der Waals surface area contributed by atoms with Crippen LogP contribution in [0.25, 0.3) is 0 Å². The fraction of sp³-hybridized carbons (Fsp3) is 1.00. The van der Waals surface area contributed by atoms with Crippen LogP contribution in [0.1, 0.15) is 46.0 Å². The molecule has 17 heavy (non-hydrogen) atoms. The third-order valence-electron chi connectivity index (χ3n) is 4.70. The number of rotatable bonds is 4. The van der Waals surface area contributed by atoms with Crippen molar-refractivity contribution >= 4 is 0 Å². The summed E-state index contributed by atoms with van der Waals surface area (Å²) in [6.07, 6.45) is 7.05. The molecule has 2 fully saturated rings. The summed E-state index contributed by atoms with van der Waals surface area (Å²) in [6, 6.07) is 0. The van der Waals surface area contributed by atoms with Crippen LogP contribution in [0, 0.1) is 11.8 Å². The molecular weight excluding hydrogens is 208 g/mol. The van der Waals surface area contributed by atoms with Gasteiger partial charge in [-0.05, 0) is 83.2 Å². The molecule has 0 bridgehead atoms. The molecule has 0 radical (unpaired) electrons. The van der Waals surface area contributed by atoms with Gasteiger partial charge in [-0.15, -0.1) is 0 Å². The molecule has 0 spiro atoms. The molecule has 0 N–H and O–H groups in total. The van der Waals surface area contributed by atoms with Crippen molar-refractivity contribution in [1.82, 2.24) is 9.80 Å². The fourth-order valence-electron chi connectivity index (χ4n) is 3.09. The minimum absolute atomic E-state index is 0.967. The van der Waals surface area contributed by atoms with E-state index in [9.17, 15) is 0 Å². The van der Waals surface area contributed by atoms with E-state index in [0.29, 0.717) is 0 Å². The quantitative estimate of drug-likeness (QED) is 0.743. The first-order valence-electron chi connectivity index (χ1n) is 7.69. The topological polar surface area (TPSA) is 6.48 Å². The summed E-state index contributed by atoms with van der Waals surface area (Å²) in [5.41, 5.74) is 0. The summed E-state index contributed by atoms with van der Waals surface area (Å²) >= 11 is 0. The summed E-state index contributed by atoms with van der Waals surface area (Å²) in [7, 11) is 0. The molecule has 0 unspecified atom stereocenters. The second-order valence-electron chi connectivity index (χ2n) is 6.40. The molecule has 2 aliphatic rings. The lowest BCUT2D eigenvalue weighted by Crippen LogP contribution is -2.37. The van der Waals surface area contributed by atoms with Crippen molar-refractivity contribution in [2.75, 3.05) is 39.3 Å². The maximum atomic E-state index is 2.67. The summed E-state index contributed by atoms with van der Waals surface area (Å²) in [5.74, 6) is 1.93. The van der Waals surface area contributed by atoms with E-state index in [0.717, 1.165) is 11.8 Å². The molecule has 0 aromatic rings. The molecule has 0 amide bonds. The Morgan fingerprint density at radius 1 is 0.706 bits per heavy atom. The fourth-order valence-corrected chi connectivity index (χ4v) is 3.09. The van der Waals surface area contributed by atoms with Crippen LogP contribution in [0.4, 0.5) is 0 Å². The number of piperidine rings is 2. The van der Waals surface area contributed by atoms with Crippen molar-refractivity contribution in [2.45, 2.75) is 46.0 Å². The minimum Gasteiger partial charge on any atom is -0.303 e. The Balaban J connectivity index is 1.54. The lowest BCUT2D eigenvalue weighted by molar-refractivity contribution is 0.158. The van der Waals surface area contributed by atoms with E-state index < -0.39 is 0 Å². The number of nitrogens with zero attached hydrogens (tertiary/aromatic N) is 2. The molecule has 2 rings (SSSR count). The van der Waals surface area contributed by atoms with Gasteiger partial charge in [0.1, 0.15) is 0 Å². The van der Waals surface area contributed by atoms with Crippen molar-refractivity contribution in [3.05, 3.63) is 0 Å². The summed E-state index contributed by atoms with van der Waals surface area (Å²) in [4.78, 5) is 5.35. The highest BCUT2D eigenvalue weighted by atomic mass is 15.2. The summed E-state index contributed by atoms with van der Waals surface area (Å²) < 4.78 is 0. The van der Waals surface area contributed by atoms with Crippen LogP contribution in [-0.4, -0.2) is 49.1 Å². The second-order valence-corrected chi connectivity index (χ2v) is 6.40.